The van der Waals surface area contributed by atoms with Crippen LogP contribution in [0.4, 0.5) is 0 Å². The first-order valence-electron chi connectivity index (χ1n) is 12.3. The van der Waals surface area contributed by atoms with E-state index < -0.39 is 0 Å². The molecule has 1 heterocycles. The minimum absolute atomic E-state index is 0.0937. The van der Waals surface area contributed by atoms with Crippen LogP contribution in [-0.2, 0) is 11.2 Å². The molecule has 0 bridgehead atoms. The van der Waals surface area contributed by atoms with Crippen LogP contribution >= 0.6 is 0 Å². The highest BCUT2D eigenvalue weighted by atomic mass is 16.2. The monoisotopic (exact) mass is 447 g/mol. The van der Waals surface area contributed by atoms with Gasteiger partial charge < -0.3 is 4.90 Å². The largest absolute Gasteiger partial charge is 0.332 e. The van der Waals surface area contributed by atoms with E-state index >= 15 is 0 Å². The van der Waals surface area contributed by atoms with E-state index in [-0.39, 0.29) is 23.4 Å². The zero-order chi connectivity index (χ0) is 24.0. The summed E-state index contributed by atoms with van der Waals surface area (Å²) >= 11 is 0. The summed E-state index contributed by atoms with van der Waals surface area (Å²) in [5.74, 6) is 0.620. The van der Waals surface area contributed by atoms with Crippen LogP contribution in [0.2, 0.25) is 0 Å². The number of carbonyl (C=O) groups is 1. The maximum absolute atomic E-state index is 13.7. The van der Waals surface area contributed by atoms with E-state index in [4.69, 9.17) is 4.98 Å². The Hall–Kier alpha value is -2.95. The van der Waals surface area contributed by atoms with Crippen LogP contribution < -0.4 is 5.56 Å². The summed E-state index contributed by atoms with van der Waals surface area (Å²) in [7, 11) is 0. The third-order valence-corrected chi connectivity index (χ3v) is 6.24. The maximum atomic E-state index is 13.7. The van der Waals surface area contributed by atoms with Crippen LogP contribution in [0, 0.1) is 5.92 Å². The van der Waals surface area contributed by atoms with Crippen LogP contribution in [0.15, 0.2) is 53.3 Å². The van der Waals surface area contributed by atoms with Gasteiger partial charge in [0, 0.05) is 12.5 Å². The summed E-state index contributed by atoms with van der Waals surface area (Å²) in [5, 5.41) is 0.586. The zero-order valence-electron chi connectivity index (χ0n) is 20.7. The standard InChI is InChI=1S/C28H37N3O2/c1-6-9-12-19-30(27(32)20(4)5)25(8-3)26-29-24-14-11-10-13-23(24)28(33)31(26)22-17-15-21(7-2)16-18-22/h10-11,13-18,20,25H,6-9,12,19H2,1-5H3. The van der Waals surface area contributed by atoms with Crippen molar-refractivity contribution in [1.29, 1.82) is 0 Å². The fourth-order valence-electron chi connectivity index (χ4n) is 4.33. The smallest absolute Gasteiger partial charge is 0.266 e. The summed E-state index contributed by atoms with van der Waals surface area (Å²) in [5.41, 5.74) is 2.58. The summed E-state index contributed by atoms with van der Waals surface area (Å²) in [6, 6.07) is 15.3. The molecule has 5 nitrogen and oxygen atoms in total. The highest BCUT2D eigenvalue weighted by Gasteiger charge is 2.29. The number of carbonyl (C=O) groups excluding carboxylic acids is 1. The molecule has 2 aromatic carbocycles. The number of aromatic nitrogens is 2. The van der Waals surface area contributed by atoms with Crippen molar-refractivity contribution in [3.8, 4) is 5.69 Å². The fourth-order valence-corrected chi connectivity index (χ4v) is 4.33. The lowest BCUT2D eigenvalue weighted by molar-refractivity contribution is -0.137. The molecule has 1 atom stereocenters. The fraction of sp³-hybridized carbons (Fsp3) is 0.464. The number of benzene rings is 2. The molecule has 5 heteroatoms. The first-order chi connectivity index (χ1) is 15.9. The number of rotatable bonds is 10. The second-order valence-electron chi connectivity index (χ2n) is 8.97. The predicted molar refractivity (Wildman–Crippen MR) is 136 cm³/mol. The van der Waals surface area contributed by atoms with Gasteiger partial charge in [0.15, 0.2) is 0 Å². The zero-order valence-corrected chi connectivity index (χ0v) is 20.7. The number of hydrogen-bond donors (Lipinski definition) is 0. The molecule has 176 valence electrons. The van der Waals surface area contributed by atoms with Crippen molar-refractivity contribution >= 4 is 16.8 Å². The molecule has 0 saturated carbocycles. The number of nitrogens with zero attached hydrogens (tertiary/aromatic N) is 3. The van der Waals surface area contributed by atoms with E-state index in [1.807, 2.05) is 55.1 Å². The van der Waals surface area contributed by atoms with Crippen molar-refractivity contribution < 1.29 is 4.79 Å². The third kappa shape index (κ3) is 5.35. The average Bonchev–Trinajstić information content (AvgIpc) is 2.83. The van der Waals surface area contributed by atoms with E-state index in [1.165, 1.54) is 5.56 Å². The Morgan fingerprint density at radius 2 is 1.70 bits per heavy atom. The van der Waals surface area contributed by atoms with Gasteiger partial charge in [0.25, 0.3) is 5.56 Å². The van der Waals surface area contributed by atoms with Gasteiger partial charge in [-0.2, -0.15) is 0 Å². The van der Waals surface area contributed by atoms with E-state index in [0.717, 1.165) is 31.4 Å². The molecular formula is C28H37N3O2. The minimum Gasteiger partial charge on any atom is -0.332 e. The molecule has 3 aromatic rings. The first kappa shape index (κ1) is 24.7. The summed E-state index contributed by atoms with van der Waals surface area (Å²) in [6.45, 7) is 10.9. The number of aryl methyl sites for hydroxylation is 1. The van der Waals surface area contributed by atoms with Crippen molar-refractivity contribution in [2.45, 2.75) is 72.8 Å². The van der Waals surface area contributed by atoms with Crippen LogP contribution in [0.3, 0.4) is 0 Å². The molecule has 0 N–H and O–H groups in total. The van der Waals surface area contributed by atoms with Gasteiger partial charge in [-0.25, -0.2) is 4.98 Å². The Kier molecular flexibility index (Phi) is 8.43. The van der Waals surface area contributed by atoms with E-state index in [0.29, 0.717) is 29.7 Å². The molecule has 0 fully saturated rings. The second-order valence-corrected chi connectivity index (χ2v) is 8.97. The summed E-state index contributed by atoms with van der Waals surface area (Å²) in [4.78, 5) is 34.0. The molecule has 0 aliphatic carbocycles. The molecule has 0 spiro atoms. The SMILES string of the molecule is CCCCCN(C(=O)C(C)C)C(CC)c1nc2ccccc2c(=O)n1-c1ccc(CC)cc1. The number of fused-ring (bicyclic) bond motifs is 1. The van der Waals surface area contributed by atoms with Crippen LogP contribution in [0.25, 0.3) is 16.6 Å². The number of unbranched alkanes of at least 4 members (excludes halogenated alkanes) is 2. The normalized spacial score (nSPS) is 12.3. The quantitative estimate of drug-likeness (QED) is 0.354. The van der Waals surface area contributed by atoms with Crippen LogP contribution in [0.5, 0.6) is 0 Å². The Morgan fingerprint density at radius 3 is 2.30 bits per heavy atom. The summed E-state index contributed by atoms with van der Waals surface area (Å²) in [6.07, 6.45) is 4.71. The van der Waals surface area contributed by atoms with Gasteiger partial charge in [0.1, 0.15) is 5.82 Å². The van der Waals surface area contributed by atoms with Crippen LogP contribution in [-0.4, -0.2) is 26.9 Å². The number of amides is 1. The third-order valence-electron chi connectivity index (χ3n) is 6.24. The van der Waals surface area contributed by atoms with Gasteiger partial charge in [-0.3, -0.25) is 14.2 Å². The van der Waals surface area contributed by atoms with Gasteiger partial charge >= 0.3 is 0 Å². The van der Waals surface area contributed by atoms with Crippen molar-refractivity contribution in [3.05, 3.63) is 70.3 Å². The second kappa shape index (κ2) is 11.3. The molecule has 1 unspecified atom stereocenters. The molecule has 1 amide bonds. The van der Waals surface area contributed by atoms with Gasteiger partial charge in [-0.15, -0.1) is 0 Å². The molecule has 0 radical (unpaired) electrons. The van der Waals surface area contributed by atoms with E-state index in [2.05, 4.69) is 32.9 Å². The molecule has 0 aliphatic heterocycles. The van der Waals surface area contributed by atoms with Crippen molar-refractivity contribution in [2.24, 2.45) is 5.92 Å². The Bertz CT molecular complexity index is 1130. The van der Waals surface area contributed by atoms with Gasteiger partial charge in [-0.1, -0.05) is 71.7 Å². The highest BCUT2D eigenvalue weighted by Crippen LogP contribution is 2.28. The van der Waals surface area contributed by atoms with Crippen molar-refractivity contribution in [1.82, 2.24) is 14.5 Å². The Balaban J connectivity index is 2.24. The Labute approximate surface area is 197 Å². The number of para-hydroxylation sites is 1. The number of hydrogen-bond acceptors (Lipinski definition) is 3. The molecule has 0 aliphatic rings. The van der Waals surface area contributed by atoms with Crippen LogP contribution in [0.1, 0.15) is 77.7 Å². The van der Waals surface area contributed by atoms with Crippen molar-refractivity contribution in [3.63, 3.8) is 0 Å². The molecular weight excluding hydrogens is 410 g/mol. The lowest BCUT2D eigenvalue weighted by Crippen LogP contribution is -2.41. The van der Waals surface area contributed by atoms with Gasteiger partial charge in [-0.05, 0) is 49.1 Å². The molecule has 3 rings (SSSR count). The topological polar surface area (TPSA) is 55.2 Å². The lowest BCUT2D eigenvalue weighted by Gasteiger charge is -2.33. The Morgan fingerprint density at radius 1 is 1.00 bits per heavy atom. The lowest BCUT2D eigenvalue weighted by atomic mass is 10.1. The average molecular weight is 448 g/mol. The minimum atomic E-state index is -0.278. The predicted octanol–water partition coefficient (Wildman–Crippen LogP) is 6.07. The van der Waals surface area contributed by atoms with E-state index in [9.17, 15) is 9.59 Å². The van der Waals surface area contributed by atoms with E-state index in [1.54, 1.807) is 4.57 Å². The first-order valence-corrected chi connectivity index (χ1v) is 12.3. The molecule has 1 aromatic heterocycles. The molecule has 33 heavy (non-hydrogen) atoms. The summed E-state index contributed by atoms with van der Waals surface area (Å²) < 4.78 is 1.72. The van der Waals surface area contributed by atoms with Gasteiger partial charge in [0.05, 0.1) is 22.6 Å². The maximum Gasteiger partial charge on any atom is 0.266 e. The van der Waals surface area contributed by atoms with Crippen molar-refractivity contribution in [2.75, 3.05) is 6.54 Å². The molecule has 0 saturated heterocycles. The highest BCUT2D eigenvalue weighted by molar-refractivity contribution is 5.79. The van der Waals surface area contributed by atoms with Gasteiger partial charge in [0.2, 0.25) is 5.91 Å².